The normalized spacial score (nSPS) is 13.1. The molecule has 0 spiro atoms. The minimum Gasteiger partial charge on any atom is -0.493 e. The first-order chi connectivity index (χ1) is 15.8. The topological polar surface area (TPSA) is 121 Å². The van der Waals surface area contributed by atoms with Gasteiger partial charge in [-0.25, -0.2) is 4.79 Å². The van der Waals surface area contributed by atoms with Gasteiger partial charge in [0.15, 0.2) is 11.3 Å². The Bertz CT molecular complexity index is 1170. The van der Waals surface area contributed by atoms with E-state index >= 15 is 0 Å². The molecule has 0 saturated heterocycles. The molecule has 2 aromatic carbocycles. The van der Waals surface area contributed by atoms with Crippen LogP contribution in [0, 0.1) is 0 Å². The van der Waals surface area contributed by atoms with Crippen LogP contribution in [0.25, 0.3) is 11.0 Å². The lowest BCUT2D eigenvalue weighted by molar-refractivity contribution is 0.0390. The number of hydrogen-bond donors (Lipinski definition) is 3. The number of fused-ring (bicyclic) bond motifs is 1. The van der Waals surface area contributed by atoms with E-state index in [1.807, 2.05) is 0 Å². The maximum absolute atomic E-state index is 12.8. The number of nitrogens with one attached hydrogen (secondary N) is 1. The summed E-state index contributed by atoms with van der Waals surface area (Å²) in [4.78, 5) is 27.0. The van der Waals surface area contributed by atoms with Crippen LogP contribution in [0.1, 0.15) is 28.9 Å². The van der Waals surface area contributed by atoms with Gasteiger partial charge in [0.25, 0.3) is 5.91 Å². The zero-order valence-electron chi connectivity index (χ0n) is 19.0. The highest BCUT2D eigenvalue weighted by Crippen LogP contribution is 2.35. The van der Waals surface area contributed by atoms with E-state index in [4.69, 9.17) is 13.9 Å². The van der Waals surface area contributed by atoms with E-state index in [1.165, 1.54) is 13.2 Å². The van der Waals surface area contributed by atoms with E-state index in [0.717, 1.165) is 0 Å². The van der Waals surface area contributed by atoms with Crippen molar-refractivity contribution in [3.8, 4) is 11.5 Å². The molecule has 3 rings (SSSR count). The number of rotatable bonds is 9. The predicted octanol–water partition coefficient (Wildman–Crippen LogP) is 2.41. The number of ether oxygens (including phenoxy) is 2. The third kappa shape index (κ3) is 5.16. The number of hydrogen-bond acceptors (Lipinski definition) is 8. The smallest absolute Gasteiger partial charge is 0.349 e. The molecule has 1 heterocycles. The highest BCUT2D eigenvalue weighted by Gasteiger charge is 2.22. The van der Waals surface area contributed by atoms with E-state index in [1.54, 1.807) is 62.3 Å². The maximum atomic E-state index is 12.8. The molecule has 3 N–H and O–H groups in total. The molecule has 1 aromatic heterocycles. The Kier molecular flexibility index (Phi) is 7.70. The average molecular weight is 456 g/mol. The summed E-state index contributed by atoms with van der Waals surface area (Å²) in [5.41, 5.74) is 0.259. The number of amides is 1. The average Bonchev–Trinajstić information content (AvgIpc) is 2.79. The highest BCUT2D eigenvalue weighted by atomic mass is 16.5. The largest absolute Gasteiger partial charge is 0.493 e. The molecule has 0 aliphatic heterocycles. The molecule has 9 nitrogen and oxygen atoms in total. The first kappa shape index (κ1) is 24.2. The third-order valence-electron chi connectivity index (χ3n) is 5.30. The van der Waals surface area contributed by atoms with E-state index in [9.17, 15) is 19.8 Å². The summed E-state index contributed by atoms with van der Waals surface area (Å²) >= 11 is 0. The fourth-order valence-corrected chi connectivity index (χ4v) is 3.47. The molecule has 0 radical (unpaired) electrons. The summed E-state index contributed by atoms with van der Waals surface area (Å²) in [7, 11) is 5.01. The Hall–Kier alpha value is -3.40. The minimum absolute atomic E-state index is 0.160. The number of aliphatic hydroxyl groups is 2. The van der Waals surface area contributed by atoms with Crippen molar-refractivity contribution in [2.24, 2.45) is 0 Å². The minimum atomic E-state index is -0.904. The van der Waals surface area contributed by atoms with Gasteiger partial charge in [-0.05, 0) is 56.9 Å². The quantitative estimate of drug-likeness (QED) is 0.420. The zero-order valence-corrected chi connectivity index (χ0v) is 19.0. The maximum Gasteiger partial charge on any atom is 0.349 e. The summed E-state index contributed by atoms with van der Waals surface area (Å²) in [6.45, 7) is 1.94. The first-order valence-corrected chi connectivity index (χ1v) is 10.4. The van der Waals surface area contributed by atoms with Crippen LogP contribution in [0.3, 0.4) is 0 Å². The third-order valence-corrected chi connectivity index (χ3v) is 5.30. The lowest BCUT2D eigenvalue weighted by Gasteiger charge is -2.27. The van der Waals surface area contributed by atoms with Crippen LogP contribution in [0.2, 0.25) is 0 Å². The summed E-state index contributed by atoms with van der Waals surface area (Å²) in [5, 5.41) is 23.1. The Labute approximate surface area is 191 Å². The van der Waals surface area contributed by atoms with Crippen molar-refractivity contribution in [2.45, 2.75) is 19.1 Å². The van der Waals surface area contributed by atoms with Crippen LogP contribution in [-0.4, -0.2) is 61.5 Å². The van der Waals surface area contributed by atoms with Gasteiger partial charge < -0.3 is 34.3 Å². The van der Waals surface area contributed by atoms with Crippen molar-refractivity contribution in [1.29, 1.82) is 0 Å². The number of methoxy groups -OCH3 is 1. The number of aliphatic hydroxyl groups excluding tert-OH is 2. The van der Waals surface area contributed by atoms with Crippen molar-refractivity contribution in [1.82, 2.24) is 4.90 Å². The second kappa shape index (κ2) is 10.5. The summed E-state index contributed by atoms with van der Waals surface area (Å²) in [5.74, 6) is 0.0912. The summed E-state index contributed by atoms with van der Waals surface area (Å²) in [6.07, 6.45) is -0.904. The van der Waals surface area contributed by atoms with Gasteiger partial charge in [0, 0.05) is 11.1 Å². The van der Waals surface area contributed by atoms with Gasteiger partial charge in [0.1, 0.15) is 5.56 Å². The molecular weight excluding hydrogens is 428 g/mol. The molecular formula is C24H28N2O7. The van der Waals surface area contributed by atoms with E-state index in [0.29, 0.717) is 34.7 Å². The molecule has 9 heteroatoms. The number of anilines is 1. The molecule has 176 valence electrons. The second-order valence-electron chi connectivity index (χ2n) is 7.63. The van der Waals surface area contributed by atoms with E-state index < -0.39 is 23.7 Å². The molecule has 0 saturated carbocycles. The van der Waals surface area contributed by atoms with Gasteiger partial charge in [-0.1, -0.05) is 12.1 Å². The molecule has 0 bridgehead atoms. The molecule has 1 amide bonds. The van der Waals surface area contributed by atoms with Gasteiger partial charge in [0.2, 0.25) is 5.75 Å². The van der Waals surface area contributed by atoms with Crippen LogP contribution in [0.5, 0.6) is 11.5 Å². The number of benzene rings is 2. The van der Waals surface area contributed by atoms with Crippen LogP contribution in [0.4, 0.5) is 5.69 Å². The van der Waals surface area contributed by atoms with Crippen LogP contribution >= 0.6 is 0 Å². The fraction of sp³-hybridized carbons (Fsp3) is 0.333. The van der Waals surface area contributed by atoms with Crippen molar-refractivity contribution < 1.29 is 28.9 Å². The lowest BCUT2D eigenvalue weighted by atomic mass is 10.0. The Morgan fingerprint density at radius 1 is 1.18 bits per heavy atom. The SMILES string of the molecule is CCOc1c(OC)ccc2cc(C(=O)Nc3ccc([C@H](O)[C@H](CO)N(C)C)cc3)c(=O)oc12. The van der Waals surface area contributed by atoms with Gasteiger partial charge in [0.05, 0.1) is 32.5 Å². The lowest BCUT2D eigenvalue weighted by Crippen LogP contribution is -2.37. The number of carbonyl (C=O) groups is 1. The van der Waals surface area contributed by atoms with Gasteiger partial charge in [-0.2, -0.15) is 0 Å². The molecule has 0 unspecified atom stereocenters. The molecule has 0 aliphatic carbocycles. The molecule has 2 atom stereocenters. The second-order valence-corrected chi connectivity index (χ2v) is 7.63. The highest BCUT2D eigenvalue weighted by molar-refractivity contribution is 6.05. The van der Waals surface area contributed by atoms with Crippen LogP contribution in [0.15, 0.2) is 51.7 Å². The summed E-state index contributed by atoms with van der Waals surface area (Å²) in [6, 6.07) is 10.8. The molecule has 0 aliphatic rings. The predicted molar refractivity (Wildman–Crippen MR) is 124 cm³/mol. The van der Waals surface area contributed by atoms with Crippen molar-refractivity contribution in [3.63, 3.8) is 0 Å². The van der Waals surface area contributed by atoms with E-state index in [-0.39, 0.29) is 17.8 Å². The van der Waals surface area contributed by atoms with Crippen molar-refractivity contribution >= 4 is 22.6 Å². The Morgan fingerprint density at radius 2 is 1.88 bits per heavy atom. The van der Waals surface area contributed by atoms with Crippen molar-refractivity contribution in [2.75, 3.05) is 39.7 Å². The summed E-state index contributed by atoms with van der Waals surface area (Å²) < 4.78 is 16.2. The van der Waals surface area contributed by atoms with Gasteiger partial charge in [-0.3, -0.25) is 4.79 Å². The molecule has 33 heavy (non-hydrogen) atoms. The zero-order chi connectivity index (χ0) is 24.1. The molecule has 0 fully saturated rings. The first-order valence-electron chi connectivity index (χ1n) is 10.4. The monoisotopic (exact) mass is 456 g/mol. The van der Waals surface area contributed by atoms with Gasteiger partial charge in [-0.15, -0.1) is 0 Å². The van der Waals surface area contributed by atoms with Crippen molar-refractivity contribution in [3.05, 3.63) is 64.0 Å². The molecule has 3 aromatic rings. The van der Waals surface area contributed by atoms with E-state index in [2.05, 4.69) is 5.32 Å². The van der Waals surface area contributed by atoms with Crippen LogP contribution < -0.4 is 20.4 Å². The number of nitrogens with zero attached hydrogens (tertiary/aromatic N) is 1. The Balaban J connectivity index is 1.85. The standard InChI is InChI=1S/C24H28N2O7/c1-5-32-22-19(31-4)11-8-15-12-17(24(30)33-21(15)22)23(29)25-16-9-6-14(7-10-16)20(28)18(13-27)26(2)3/h6-12,18,20,27-28H,5,13H2,1-4H3,(H,25,29)/t18-,20-/m0/s1. The Morgan fingerprint density at radius 3 is 2.45 bits per heavy atom. The number of carbonyl (C=O) groups excluding carboxylic acids is 1. The van der Waals surface area contributed by atoms with Crippen LogP contribution in [-0.2, 0) is 0 Å². The number of likely N-dealkylation sites (N-methyl/N-ethyl adjacent to an activating group) is 1. The van der Waals surface area contributed by atoms with Gasteiger partial charge >= 0.3 is 5.63 Å². The fourth-order valence-electron chi connectivity index (χ4n) is 3.47.